The molecular weight excluding hydrogens is 212 g/mol. The maximum absolute atomic E-state index is 3.42. The summed E-state index contributed by atoms with van der Waals surface area (Å²) in [4.78, 5) is 0. The lowest BCUT2D eigenvalue weighted by atomic mass is 10.1. The highest BCUT2D eigenvalue weighted by molar-refractivity contribution is 9.08. The molecule has 0 unspecified atom stereocenters. The lowest BCUT2D eigenvalue weighted by Gasteiger charge is -1.97. The molecule has 1 rings (SSSR count). The van der Waals surface area contributed by atoms with Crippen LogP contribution in [0, 0.1) is 0 Å². The summed E-state index contributed by atoms with van der Waals surface area (Å²) in [6.45, 7) is 4.22. The van der Waals surface area contributed by atoms with Gasteiger partial charge in [0.15, 0.2) is 0 Å². The summed E-state index contributed by atoms with van der Waals surface area (Å²) in [5.74, 6) is 0. The van der Waals surface area contributed by atoms with E-state index in [1.54, 1.807) is 0 Å². The molecule has 0 amide bonds. The van der Waals surface area contributed by atoms with E-state index in [2.05, 4.69) is 60.1 Å². The smallest absolute Gasteiger partial charge is 0.0283 e. The molecule has 64 valence electrons. The van der Waals surface area contributed by atoms with E-state index in [1.165, 1.54) is 16.7 Å². The molecule has 0 bridgehead atoms. The molecule has 0 nitrogen and oxygen atoms in total. The molecule has 0 aliphatic rings. The van der Waals surface area contributed by atoms with Crippen molar-refractivity contribution >= 4 is 22.0 Å². The fraction of sp³-hybridized carbons (Fsp3) is 0.273. The summed E-state index contributed by atoms with van der Waals surface area (Å²) < 4.78 is 0. The number of allylic oxidation sites excluding steroid dienone is 1. The van der Waals surface area contributed by atoms with Crippen molar-refractivity contribution in [1.82, 2.24) is 0 Å². The van der Waals surface area contributed by atoms with Gasteiger partial charge in [-0.1, -0.05) is 51.8 Å². The van der Waals surface area contributed by atoms with Gasteiger partial charge in [0.05, 0.1) is 0 Å². The van der Waals surface area contributed by atoms with Crippen molar-refractivity contribution in [1.29, 1.82) is 0 Å². The molecule has 0 N–H and O–H groups in total. The molecule has 0 aliphatic heterocycles. The van der Waals surface area contributed by atoms with Gasteiger partial charge < -0.3 is 0 Å². The first-order valence-corrected chi connectivity index (χ1v) is 5.14. The highest BCUT2D eigenvalue weighted by Gasteiger charge is 1.89. The van der Waals surface area contributed by atoms with Crippen molar-refractivity contribution in [3.63, 3.8) is 0 Å². The van der Waals surface area contributed by atoms with E-state index in [9.17, 15) is 0 Å². The topological polar surface area (TPSA) is 0 Å². The van der Waals surface area contributed by atoms with Gasteiger partial charge >= 0.3 is 0 Å². The first-order chi connectivity index (χ1) is 5.72. The highest BCUT2D eigenvalue weighted by atomic mass is 79.9. The predicted molar refractivity (Wildman–Crippen MR) is 58.4 cm³/mol. The molecule has 1 aromatic rings. The van der Waals surface area contributed by atoms with E-state index >= 15 is 0 Å². The zero-order valence-corrected chi connectivity index (χ0v) is 9.06. The Labute approximate surface area is 82.4 Å². The van der Waals surface area contributed by atoms with Gasteiger partial charge in [0.25, 0.3) is 0 Å². The maximum Gasteiger partial charge on any atom is 0.0283 e. The Kier molecular flexibility index (Phi) is 3.54. The Morgan fingerprint density at radius 3 is 2.25 bits per heavy atom. The third-order valence-electron chi connectivity index (χ3n) is 1.59. The van der Waals surface area contributed by atoms with Crippen LogP contribution in [-0.2, 0) is 5.33 Å². The standard InChI is InChI=1S/C11H13Br/c1-9(2)7-10-3-5-11(8-12)6-4-10/h3-7H,8H2,1-2H3. The maximum atomic E-state index is 3.42. The molecule has 0 radical (unpaired) electrons. The number of rotatable bonds is 2. The number of benzene rings is 1. The molecule has 1 aromatic carbocycles. The number of halogens is 1. The van der Waals surface area contributed by atoms with Gasteiger partial charge in [-0.3, -0.25) is 0 Å². The summed E-state index contributed by atoms with van der Waals surface area (Å²) in [5, 5.41) is 0.933. The zero-order chi connectivity index (χ0) is 8.97. The van der Waals surface area contributed by atoms with E-state index in [4.69, 9.17) is 0 Å². The third-order valence-corrected chi connectivity index (χ3v) is 2.24. The van der Waals surface area contributed by atoms with Crippen LogP contribution in [0.3, 0.4) is 0 Å². The first kappa shape index (κ1) is 9.53. The van der Waals surface area contributed by atoms with Crippen LogP contribution in [0.2, 0.25) is 0 Å². The molecular formula is C11H13Br. The fourth-order valence-corrected chi connectivity index (χ4v) is 1.41. The lowest BCUT2D eigenvalue weighted by molar-refractivity contribution is 1.40. The second-order valence-corrected chi connectivity index (χ2v) is 3.66. The fourth-order valence-electron chi connectivity index (χ4n) is 1.04. The van der Waals surface area contributed by atoms with Crippen LogP contribution < -0.4 is 0 Å². The molecule has 0 spiro atoms. The molecule has 1 heteroatoms. The largest absolute Gasteiger partial charge is 0.0876 e. The summed E-state index contributed by atoms with van der Waals surface area (Å²) in [7, 11) is 0. The molecule has 0 saturated heterocycles. The van der Waals surface area contributed by atoms with Gasteiger partial charge in [-0.15, -0.1) is 0 Å². The number of hydrogen-bond acceptors (Lipinski definition) is 0. The Morgan fingerprint density at radius 2 is 1.83 bits per heavy atom. The molecule has 0 aliphatic carbocycles. The van der Waals surface area contributed by atoms with Crippen LogP contribution in [0.5, 0.6) is 0 Å². The van der Waals surface area contributed by atoms with Gasteiger partial charge in [-0.2, -0.15) is 0 Å². The van der Waals surface area contributed by atoms with E-state index in [-0.39, 0.29) is 0 Å². The van der Waals surface area contributed by atoms with E-state index in [0.29, 0.717) is 0 Å². The minimum absolute atomic E-state index is 0.933. The summed E-state index contributed by atoms with van der Waals surface area (Å²) >= 11 is 3.42. The zero-order valence-electron chi connectivity index (χ0n) is 7.47. The second-order valence-electron chi connectivity index (χ2n) is 3.10. The summed E-state index contributed by atoms with van der Waals surface area (Å²) in [5.41, 5.74) is 3.93. The third kappa shape index (κ3) is 2.82. The van der Waals surface area contributed by atoms with Crippen molar-refractivity contribution in [2.75, 3.05) is 0 Å². The van der Waals surface area contributed by atoms with Crippen molar-refractivity contribution in [3.05, 3.63) is 41.0 Å². The van der Waals surface area contributed by atoms with Crippen LogP contribution >= 0.6 is 15.9 Å². The molecule has 0 aromatic heterocycles. The van der Waals surface area contributed by atoms with Crippen LogP contribution in [0.25, 0.3) is 6.08 Å². The van der Waals surface area contributed by atoms with Crippen LogP contribution in [-0.4, -0.2) is 0 Å². The first-order valence-electron chi connectivity index (χ1n) is 4.02. The van der Waals surface area contributed by atoms with Gasteiger partial charge in [0.1, 0.15) is 0 Å². The minimum Gasteiger partial charge on any atom is -0.0876 e. The highest BCUT2D eigenvalue weighted by Crippen LogP contribution is 2.10. The molecule has 0 saturated carbocycles. The van der Waals surface area contributed by atoms with Gasteiger partial charge in [0, 0.05) is 5.33 Å². The Hall–Kier alpha value is -0.560. The molecule has 0 fully saturated rings. The van der Waals surface area contributed by atoms with Crippen molar-refractivity contribution in [3.8, 4) is 0 Å². The molecule has 12 heavy (non-hydrogen) atoms. The van der Waals surface area contributed by atoms with Crippen LogP contribution in [0.15, 0.2) is 29.8 Å². The predicted octanol–water partition coefficient (Wildman–Crippen LogP) is 4.00. The van der Waals surface area contributed by atoms with E-state index in [0.717, 1.165) is 5.33 Å². The van der Waals surface area contributed by atoms with Gasteiger partial charge in [0.2, 0.25) is 0 Å². The lowest BCUT2D eigenvalue weighted by Crippen LogP contribution is -1.77. The minimum atomic E-state index is 0.933. The van der Waals surface area contributed by atoms with Crippen LogP contribution in [0.1, 0.15) is 25.0 Å². The van der Waals surface area contributed by atoms with Crippen molar-refractivity contribution in [2.45, 2.75) is 19.2 Å². The number of alkyl halides is 1. The Morgan fingerprint density at radius 1 is 1.25 bits per heavy atom. The average molecular weight is 225 g/mol. The molecule has 0 atom stereocenters. The van der Waals surface area contributed by atoms with Gasteiger partial charge in [-0.05, 0) is 25.0 Å². The normalized spacial score (nSPS) is 9.58. The van der Waals surface area contributed by atoms with E-state index in [1.807, 2.05) is 0 Å². The quantitative estimate of drug-likeness (QED) is 0.667. The summed E-state index contributed by atoms with van der Waals surface area (Å²) in [6.07, 6.45) is 2.18. The van der Waals surface area contributed by atoms with Gasteiger partial charge in [-0.25, -0.2) is 0 Å². The van der Waals surface area contributed by atoms with Crippen LogP contribution in [0.4, 0.5) is 0 Å². The monoisotopic (exact) mass is 224 g/mol. The Balaban J connectivity index is 2.85. The summed E-state index contributed by atoms with van der Waals surface area (Å²) in [6, 6.07) is 8.57. The SMILES string of the molecule is CC(C)=Cc1ccc(CBr)cc1. The average Bonchev–Trinajstić information content (AvgIpc) is 2.05. The van der Waals surface area contributed by atoms with E-state index < -0.39 is 0 Å². The second kappa shape index (κ2) is 4.46. The van der Waals surface area contributed by atoms with Crippen molar-refractivity contribution < 1.29 is 0 Å². The Bertz CT molecular complexity index is 266. The number of hydrogen-bond donors (Lipinski definition) is 0. The molecule has 0 heterocycles. The van der Waals surface area contributed by atoms with Crippen molar-refractivity contribution in [2.24, 2.45) is 0 Å².